The van der Waals surface area contributed by atoms with Crippen LogP contribution >= 0.6 is 0 Å². The van der Waals surface area contributed by atoms with E-state index in [1.807, 2.05) is 0 Å². The molecule has 0 aromatic heterocycles. The van der Waals surface area contributed by atoms with Crippen molar-refractivity contribution in [3.05, 3.63) is 48.0 Å². The van der Waals surface area contributed by atoms with E-state index in [9.17, 15) is 25.2 Å². The van der Waals surface area contributed by atoms with Crippen molar-refractivity contribution >= 4 is 5.78 Å². The minimum Gasteiger partial charge on any atom is -0.365 e. The molecule has 0 saturated heterocycles. The molecule has 0 spiro atoms. The lowest BCUT2D eigenvalue weighted by Gasteiger charge is -2.36. The molecule has 1 unspecified atom stereocenters. The summed E-state index contributed by atoms with van der Waals surface area (Å²) in [7, 11) is 0. The smallest absolute Gasteiger partial charge is 0.187 e. The monoisotopic (exact) mass is 250 g/mol. The molecule has 18 heavy (non-hydrogen) atoms. The number of carbonyl (C=O) groups is 1. The zero-order valence-electron chi connectivity index (χ0n) is 9.52. The number of ketones is 1. The maximum absolute atomic E-state index is 12.1. The standard InChI is InChI=1S/C13H14O5/c14-11(9-4-2-1-3-5-9)10-6-7-12(15,16)8-13(10,17)18/h1-7,10,15-18H,8H2. The second-order valence-corrected chi connectivity index (χ2v) is 4.50. The summed E-state index contributed by atoms with van der Waals surface area (Å²) in [5, 5.41) is 38.2. The first-order valence-electron chi connectivity index (χ1n) is 5.50. The van der Waals surface area contributed by atoms with Gasteiger partial charge in [0.15, 0.2) is 17.4 Å². The van der Waals surface area contributed by atoms with Gasteiger partial charge in [-0.1, -0.05) is 36.4 Å². The van der Waals surface area contributed by atoms with Crippen LogP contribution in [0.15, 0.2) is 42.5 Å². The molecule has 2 rings (SSSR count). The van der Waals surface area contributed by atoms with Gasteiger partial charge in [0.25, 0.3) is 0 Å². The fraction of sp³-hybridized carbons (Fsp3) is 0.308. The average Bonchev–Trinajstić information content (AvgIpc) is 2.27. The van der Waals surface area contributed by atoms with Crippen LogP contribution in [0.2, 0.25) is 0 Å². The van der Waals surface area contributed by atoms with E-state index in [0.717, 1.165) is 12.2 Å². The molecule has 0 aliphatic heterocycles. The lowest BCUT2D eigenvalue weighted by Crippen LogP contribution is -2.50. The number of carbonyl (C=O) groups excluding carboxylic acids is 1. The van der Waals surface area contributed by atoms with Gasteiger partial charge in [-0.05, 0) is 6.08 Å². The van der Waals surface area contributed by atoms with Gasteiger partial charge in [0.05, 0.1) is 12.3 Å². The third kappa shape index (κ3) is 2.49. The maximum atomic E-state index is 12.1. The predicted octanol–water partition coefficient (Wildman–Crippen LogP) is -0.193. The topological polar surface area (TPSA) is 98.0 Å². The Hall–Kier alpha value is -1.53. The van der Waals surface area contributed by atoms with Crippen molar-refractivity contribution in [2.75, 3.05) is 0 Å². The first kappa shape index (κ1) is 12.9. The quantitative estimate of drug-likeness (QED) is 0.331. The molecule has 1 aromatic carbocycles. The molecule has 5 nitrogen and oxygen atoms in total. The fourth-order valence-corrected chi connectivity index (χ4v) is 2.04. The van der Waals surface area contributed by atoms with Crippen LogP contribution in [0, 0.1) is 5.92 Å². The highest BCUT2D eigenvalue weighted by Gasteiger charge is 2.47. The molecule has 1 atom stereocenters. The normalized spacial score (nSPS) is 24.8. The lowest BCUT2D eigenvalue weighted by atomic mass is 9.81. The van der Waals surface area contributed by atoms with E-state index in [-0.39, 0.29) is 0 Å². The van der Waals surface area contributed by atoms with Gasteiger partial charge in [0.1, 0.15) is 0 Å². The van der Waals surface area contributed by atoms with E-state index < -0.39 is 29.7 Å². The van der Waals surface area contributed by atoms with Gasteiger partial charge in [-0.2, -0.15) is 0 Å². The molecule has 1 aliphatic rings. The molecule has 0 heterocycles. The Bertz CT molecular complexity index is 475. The van der Waals surface area contributed by atoms with Crippen LogP contribution in [0.5, 0.6) is 0 Å². The number of hydrogen-bond acceptors (Lipinski definition) is 5. The zero-order valence-corrected chi connectivity index (χ0v) is 9.52. The summed E-state index contributed by atoms with van der Waals surface area (Å²) in [5.74, 6) is -6.48. The third-order valence-electron chi connectivity index (χ3n) is 2.91. The molecule has 5 heteroatoms. The summed E-state index contributed by atoms with van der Waals surface area (Å²) in [4.78, 5) is 12.1. The van der Waals surface area contributed by atoms with Crippen molar-refractivity contribution in [1.29, 1.82) is 0 Å². The van der Waals surface area contributed by atoms with Crippen LogP contribution in [0.25, 0.3) is 0 Å². The van der Waals surface area contributed by atoms with E-state index in [1.54, 1.807) is 30.3 Å². The van der Waals surface area contributed by atoms with Gasteiger partial charge in [-0.15, -0.1) is 0 Å². The maximum Gasteiger partial charge on any atom is 0.187 e. The fourth-order valence-electron chi connectivity index (χ4n) is 2.04. The molecule has 4 N–H and O–H groups in total. The summed E-state index contributed by atoms with van der Waals surface area (Å²) in [6, 6.07) is 8.19. The molecule has 0 fully saturated rings. The van der Waals surface area contributed by atoms with Crippen molar-refractivity contribution in [2.45, 2.75) is 18.0 Å². The van der Waals surface area contributed by atoms with Crippen LogP contribution in [0.4, 0.5) is 0 Å². The second kappa shape index (κ2) is 4.29. The number of Topliss-reactive ketones (excluding diaryl/α,β-unsaturated/α-hetero) is 1. The Balaban J connectivity index is 2.32. The molecule has 96 valence electrons. The summed E-state index contributed by atoms with van der Waals surface area (Å²) in [6.07, 6.45) is 1.36. The van der Waals surface area contributed by atoms with E-state index >= 15 is 0 Å². The molecular weight excluding hydrogens is 236 g/mol. The average molecular weight is 250 g/mol. The van der Waals surface area contributed by atoms with Crippen molar-refractivity contribution in [1.82, 2.24) is 0 Å². The summed E-state index contributed by atoms with van der Waals surface area (Å²) < 4.78 is 0. The van der Waals surface area contributed by atoms with E-state index in [4.69, 9.17) is 0 Å². The van der Waals surface area contributed by atoms with E-state index in [1.165, 1.54) is 0 Å². The van der Waals surface area contributed by atoms with Gasteiger partial charge >= 0.3 is 0 Å². The highest BCUT2D eigenvalue weighted by atomic mass is 16.5. The number of rotatable bonds is 2. The molecule has 1 aromatic rings. The highest BCUT2D eigenvalue weighted by molar-refractivity contribution is 5.99. The second-order valence-electron chi connectivity index (χ2n) is 4.50. The summed E-state index contributed by atoms with van der Waals surface area (Å²) in [6.45, 7) is 0. The Morgan fingerprint density at radius 2 is 1.72 bits per heavy atom. The van der Waals surface area contributed by atoms with Crippen molar-refractivity contribution in [2.24, 2.45) is 5.92 Å². The summed E-state index contributed by atoms with van der Waals surface area (Å²) in [5.41, 5.74) is 0.336. The summed E-state index contributed by atoms with van der Waals surface area (Å²) >= 11 is 0. The van der Waals surface area contributed by atoms with Crippen LogP contribution in [0.1, 0.15) is 16.8 Å². The molecular formula is C13H14O5. The molecule has 0 bridgehead atoms. The van der Waals surface area contributed by atoms with Crippen LogP contribution in [-0.2, 0) is 0 Å². The largest absolute Gasteiger partial charge is 0.365 e. The van der Waals surface area contributed by atoms with Crippen molar-refractivity contribution in [3.63, 3.8) is 0 Å². The molecule has 0 radical (unpaired) electrons. The first-order valence-corrected chi connectivity index (χ1v) is 5.50. The predicted molar refractivity (Wildman–Crippen MR) is 62.4 cm³/mol. The Morgan fingerprint density at radius 1 is 1.11 bits per heavy atom. The number of benzene rings is 1. The highest BCUT2D eigenvalue weighted by Crippen LogP contribution is 2.33. The minimum atomic E-state index is -2.48. The lowest BCUT2D eigenvalue weighted by molar-refractivity contribution is -0.252. The van der Waals surface area contributed by atoms with Gasteiger partial charge in [0, 0.05) is 5.56 Å². The molecule has 0 saturated carbocycles. The van der Waals surface area contributed by atoms with E-state index in [0.29, 0.717) is 5.56 Å². The van der Waals surface area contributed by atoms with Crippen molar-refractivity contribution in [3.8, 4) is 0 Å². The van der Waals surface area contributed by atoms with Crippen LogP contribution in [0.3, 0.4) is 0 Å². The Kier molecular flexibility index (Phi) is 3.08. The SMILES string of the molecule is O=C(c1ccccc1)C1C=CC(O)(O)CC1(O)O. The number of aliphatic hydroxyl groups is 4. The van der Waals surface area contributed by atoms with Crippen LogP contribution in [-0.4, -0.2) is 37.8 Å². The van der Waals surface area contributed by atoms with E-state index in [2.05, 4.69) is 0 Å². The van der Waals surface area contributed by atoms with Crippen LogP contribution < -0.4 is 0 Å². The van der Waals surface area contributed by atoms with Gasteiger partial charge in [-0.25, -0.2) is 0 Å². The van der Waals surface area contributed by atoms with Gasteiger partial charge in [0.2, 0.25) is 0 Å². The first-order chi connectivity index (χ1) is 8.32. The Labute approximate surface area is 104 Å². The Morgan fingerprint density at radius 3 is 2.28 bits per heavy atom. The molecule has 1 aliphatic carbocycles. The van der Waals surface area contributed by atoms with Gasteiger partial charge in [-0.3, -0.25) is 4.79 Å². The van der Waals surface area contributed by atoms with Crippen molar-refractivity contribution < 1.29 is 25.2 Å². The number of hydrogen-bond donors (Lipinski definition) is 4. The zero-order chi connectivity index (χ0) is 13.4. The third-order valence-corrected chi connectivity index (χ3v) is 2.91. The minimum absolute atomic E-state index is 0.336. The van der Waals surface area contributed by atoms with Gasteiger partial charge < -0.3 is 20.4 Å². The molecule has 0 amide bonds.